The van der Waals surface area contributed by atoms with Gasteiger partial charge in [-0.2, -0.15) is 0 Å². The fourth-order valence-electron chi connectivity index (χ4n) is 2.18. The normalized spacial score (nSPS) is 12.1. The monoisotopic (exact) mass is 345 g/mol. The quantitative estimate of drug-likeness (QED) is 0.686. The van der Waals surface area contributed by atoms with E-state index < -0.39 is 0 Å². The molecule has 0 aliphatic rings. The van der Waals surface area contributed by atoms with Crippen molar-refractivity contribution in [1.82, 2.24) is 0 Å². The molecule has 1 N–H and O–H groups in total. The van der Waals surface area contributed by atoms with Gasteiger partial charge in [-0.1, -0.05) is 30.3 Å². The minimum absolute atomic E-state index is 0.136. The molecule has 0 radical (unpaired) electrons. The highest BCUT2D eigenvalue weighted by Gasteiger charge is 2.17. The molecular weight excluding hydrogens is 333 g/mol. The van der Waals surface area contributed by atoms with Crippen molar-refractivity contribution in [3.8, 4) is 0 Å². The van der Waals surface area contributed by atoms with Gasteiger partial charge in [-0.3, -0.25) is 0 Å². The maximum Gasteiger partial charge on any atom is 0.130 e. The lowest BCUT2D eigenvalue weighted by Crippen LogP contribution is -2.12. The van der Waals surface area contributed by atoms with Gasteiger partial charge in [0.05, 0.1) is 6.26 Å². The molecule has 0 amide bonds. The number of hydrogen-bond donors (Lipinski definition) is 1. The molecule has 1 unspecified atom stereocenters. The van der Waals surface area contributed by atoms with E-state index in [0.717, 1.165) is 17.0 Å². The zero-order valence-electron chi connectivity index (χ0n) is 11.1. The number of hydrogen-bond acceptors (Lipinski definition) is 2. The molecule has 2 nitrogen and oxygen atoms in total. The van der Waals surface area contributed by atoms with Gasteiger partial charge in [0, 0.05) is 10.2 Å². The average molecular weight is 346 g/mol. The summed E-state index contributed by atoms with van der Waals surface area (Å²) in [5, 5.41) is 3.39. The summed E-state index contributed by atoms with van der Waals surface area (Å²) in [7, 11) is 0. The summed E-state index contributed by atoms with van der Waals surface area (Å²) in [6.07, 6.45) is 1.65. The van der Waals surface area contributed by atoms with E-state index in [2.05, 4.69) is 21.2 Å². The lowest BCUT2D eigenvalue weighted by Gasteiger charge is -2.19. The molecule has 0 aliphatic heterocycles. The van der Waals surface area contributed by atoms with E-state index in [0.29, 0.717) is 4.47 Å². The van der Waals surface area contributed by atoms with Crippen LogP contribution in [0.4, 0.5) is 10.1 Å². The Morgan fingerprint density at radius 2 is 1.81 bits per heavy atom. The fraction of sp³-hybridized carbons (Fsp3) is 0.0588. The van der Waals surface area contributed by atoms with E-state index in [-0.39, 0.29) is 11.9 Å². The highest BCUT2D eigenvalue weighted by Crippen LogP contribution is 2.31. The van der Waals surface area contributed by atoms with Crippen molar-refractivity contribution >= 4 is 21.6 Å². The molecule has 1 heterocycles. The molecule has 0 saturated carbocycles. The van der Waals surface area contributed by atoms with Gasteiger partial charge in [0.2, 0.25) is 0 Å². The predicted octanol–water partition coefficient (Wildman–Crippen LogP) is 5.38. The number of nitrogens with one attached hydrogen (secondary N) is 1. The molecule has 106 valence electrons. The van der Waals surface area contributed by atoms with Crippen LogP contribution in [0.5, 0.6) is 0 Å². The standard InChI is InChI=1S/C17H13BrFNO/c18-14-11-13(19)8-9-15(14)20-17(16-7-4-10-21-16)12-5-2-1-3-6-12/h1-11,17,20H. The van der Waals surface area contributed by atoms with Crippen molar-refractivity contribution in [3.63, 3.8) is 0 Å². The third kappa shape index (κ3) is 3.16. The van der Waals surface area contributed by atoms with Gasteiger partial charge in [-0.05, 0) is 51.8 Å². The molecule has 4 heteroatoms. The maximum absolute atomic E-state index is 13.2. The van der Waals surface area contributed by atoms with Crippen molar-refractivity contribution in [2.75, 3.05) is 5.32 Å². The summed E-state index contributed by atoms with van der Waals surface area (Å²) < 4.78 is 19.4. The molecule has 0 spiro atoms. The van der Waals surface area contributed by atoms with Crippen LogP contribution in [0, 0.1) is 5.82 Å². The summed E-state index contributed by atoms with van der Waals surface area (Å²) in [6.45, 7) is 0. The summed E-state index contributed by atoms with van der Waals surface area (Å²) in [6, 6.07) is 18.2. The number of anilines is 1. The zero-order valence-corrected chi connectivity index (χ0v) is 12.7. The van der Waals surface area contributed by atoms with Crippen LogP contribution in [0.2, 0.25) is 0 Å². The molecule has 3 aromatic rings. The van der Waals surface area contributed by atoms with Crippen LogP contribution in [-0.4, -0.2) is 0 Å². The summed E-state index contributed by atoms with van der Waals surface area (Å²) in [4.78, 5) is 0. The Morgan fingerprint density at radius 1 is 1.00 bits per heavy atom. The van der Waals surface area contributed by atoms with Gasteiger partial charge >= 0.3 is 0 Å². The zero-order chi connectivity index (χ0) is 14.7. The third-order valence-corrected chi connectivity index (χ3v) is 3.85. The smallest absolute Gasteiger partial charge is 0.130 e. The lowest BCUT2D eigenvalue weighted by atomic mass is 10.0. The van der Waals surface area contributed by atoms with Gasteiger partial charge in [-0.25, -0.2) is 4.39 Å². The molecule has 1 atom stereocenters. The van der Waals surface area contributed by atoms with Crippen molar-refractivity contribution in [3.05, 3.63) is 88.5 Å². The first kappa shape index (κ1) is 13.9. The summed E-state index contributed by atoms with van der Waals surface area (Å²) >= 11 is 3.38. The minimum atomic E-state index is -0.276. The number of halogens is 2. The highest BCUT2D eigenvalue weighted by molar-refractivity contribution is 9.10. The second kappa shape index (κ2) is 6.14. The maximum atomic E-state index is 13.2. The molecule has 0 saturated heterocycles. The number of rotatable bonds is 4. The van der Waals surface area contributed by atoms with Gasteiger partial charge in [0.25, 0.3) is 0 Å². The molecule has 3 rings (SSSR count). The second-order valence-corrected chi connectivity index (χ2v) is 5.48. The van der Waals surface area contributed by atoms with Crippen LogP contribution in [0.25, 0.3) is 0 Å². The molecule has 1 aromatic heterocycles. The first-order valence-corrected chi connectivity index (χ1v) is 7.33. The van der Waals surface area contributed by atoms with E-state index in [1.54, 1.807) is 12.3 Å². The summed E-state index contributed by atoms with van der Waals surface area (Å²) in [5.41, 5.74) is 1.88. The Morgan fingerprint density at radius 3 is 2.48 bits per heavy atom. The van der Waals surface area contributed by atoms with Gasteiger partial charge < -0.3 is 9.73 Å². The minimum Gasteiger partial charge on any atom is -0.467 e. The van der Waals surface area contributed by atoms with Crippen LogP contribution in [0.1, 0.15) is 17.4 Å². The van der Waals surface area contributed by atoms with Crippen molar-refractivity contribution in [2.45, 2.75) is 6.04 Å². The number of furan rings is 1. The Labute approximate surface area is 130 Å². The lowest BCUT2D eigenvalue weighted by molar-refractivity contribution is 0.499. The Kier molecular flexibility index (Phi) is 4.06. The van der Waals surface area contributed by atoms with E-state index >= 15 is 0 Å². The topological polar surface area (TPSA) is 25.2 Å². The van der Waals surface area contributed by atoms with E-state index in [1.165, 1.54) is 12.1 Å². The van der Waals surface area contributed by atoms with E-state index in [1.807, 2.05) is 42.5 Å². The average Bonchev–Trinajstić information content (AvgIpc) is 3.01. The van der Waals surface area contributed by atoms with Gasteiger partial charge in [0.1, 0.15) is 17.6 Å². The van der Waals surface area contributed by atoms with Gasteiger partial charge in [-0.15, -0.1) is 0 Å². The highest BCUT2D eigenvalue weighted by atomic mass is 79.9. The van der Waals surface area contributed by atoms with E-state index in [4.69, 9.17) is 4.42 Å². The van der Waals surface area contributed by atoms with Crippen LogP contribution < -0.4 is 5.32 Å². The first-order chi connectivity index (χ1) is 10.2. The summed E-state index contributed by atoms with van der Waals surface area (Å²) in [5.74, 6) is 0.527. The van der Waals surface area contributed by atoms with E-state index in [9.17, 15) is 4.39 Å². The molecule has 0 fully saturated rings. The molecular formula is C17H13BrFNO. The predicted molar refractivity (Wildman–Crippen MR) is 84.7 cm³/mol. The SMILES string of the molecule is Fc1ccc(NC(c2ccccc2)c2ccco2)c(Br)c1. The Bertz CT molecular complexity index is 713. The molecule has 21 heavy (non-hydrogen) atoms. The van der Waals surface area contributed by atoms with Crippen LogP contribution in [0.3, 0.4) is 0 Å². The number of benzene rings is 2. The van der Waals surface area contributed by atoms with Crippen LogP contribution >= 0.6 is 15.9 Å². The van der Waals surface area contributed by atoms with Crippen LogP contribution in [-0.2, 0) is 0 Å². The second-order valence-electron chi connectivity index (χ2n) is 4.63. The van der Waals surface area contributed by atoms with Crippen LogP contribution in [0.15, 0.2) is 75.8 Å². The van der Waals surface area contributed by atoms with Gasteiger partial charge in [0.15, 0.2) is 0 Å². The molecule has 0 bridgehead atoms. The molecule has 2 aromatic carbocycles. The van der Waals surface area contributed by atoms with Crippen molar-refractivity contribution in [1.29, 1.82) is 0 Å². The first-order valence-electron chi connectivity index (χ1n) is 6.54. The molecule has 0 aliphatic carbocycles. The third-order valence-electron chi connectivity index (χ3n) is 3.19. The largest absolute Gasteiger partial charge is 0.467 e. The fourth-order valence-corrected chi connectivity index (χ4v) is 2.65. The van der Waals surface area contributed by atoms with Crippen molar-refractivity contribution < 1.29 is 8.81 Å². The van der Waals surface area contributed by atoms with Crippen molar-refractivity contribution in [2.24, 2.45) is 0 Å². The Hall–Kier alpha value is -2.07. The Balaban J connectivity index is 1.97.